The molecule has 0 unspecified atom stereocenters. The van der Waals surface area contributed by atoms with Crippen molar-refractivity contribution in [2.24, 2.45) is 5.41 Å². The molecule has 0 aromatic rings. The fourth-order valence-electron chi connectivity index (χ4n) is 0. The summed E-state index contributed by atoms with van der Waals surface area (Å²) in [6.45, 7) is 6.25. The predicted molar refractivity (Wildman–Crippen MR) is 31.7 cm³/mol. The summed E-state index contributed by atoms with van der Waals surface area (Å²) in [5.74, 6) is 0. The van der Waals surface area contributed by atoms with E-state index in [4.69, 9.17) is 16.8 Å². The van der Waals surface area contributed by atoms with Gasteiger partial charge in [0.25, 0.3) is 0 Å². The van der Waals surface area contributed by atoms with E-state index in [0.29, 0.717) is 0 Å². The van der Waals surface area contributed by atoms with Crippen molar-refractivity contribution in [2.45, 2.75) is 20.8 Å². The topological polar surface area (TPSA) is 77.8 Å². The predicted octanol–water partition coefficient (Wildman–Crippen LogP) is -0.210. The van der Waals surface area contributed by atoms with Crippen LogP contribution in [0.1, 0.15) is 20.8 Å². The van der Waals surface area contributed by atoms with Crippen LogP contribution < -0.4 is 0 Å². The van der Waals surface area contributed by atoms with E-state index in [9.17, 15) is 0 Å². The Kier molecular flexibility index (Phi) is 7.75. The average Bonchev–Trinajstić information content (AvgIpc) is 1.63. The number of hydrogen-bond acceptors (Lipinski definition) is 2. The van der Waals surface area contributed by atoms with Crippen molar-refractivity contribution >= 4 is 0 Å². The van der Waals surface area contributed by atoms with Gasteiger partial charge >= 0.3 is 27.5 Å². The van der Waals surface area contributed by atoms with Gasteiger partial charge in [0.1, 0.15) is 0 Å². The van der Waals surface area contributed by atoms with E-state index in [1.165, 1.54) is 0 Å². The SMILES string of the molecule is CC(C)(C)CO.[O]=[V]([OH])[OH]. The molecule has 0 heterocycles. The van der Waals surface area contributed by atoms with E-state index in [1.54, 1.807) is 0 Å². The first kappa shape index (κ1) is 12.9. The average molecular weight is 189 g/mol. The summed E-state index contributed by atoms with van der Waals surface area (Å²) in [6, 6.07) is 0. The van der Waals surface area contributed by atoms with E-state index < -0.39 is 15.8 Å². The summed E-state index contributed by atoms with van der Waals surface area (Å²) < 4.78 is 23.2. The zero-order valence-corrected chi connectivity index (χ0v) is 7.80. The zero-order valence-electron chi connectivity index (χ0n) is 6.40. The van der Waals surface area contributed by atoms with Gasteiger partial charge in [0.2, 0.25) is 0 Å². The minimum absolute atomic E-state index is 0.0972. The fourth-order valence-corrected chi connectivity index (χ4v) is 0. The Hall–Kier alpha value is 0.264. The van der Waals surface area contributed by atoms with Gasteiger partial charge in [-0.15, -0.1) is 0 Å². The van der Waals surface area contributed by atoms with Crippen LogP contribution in [-0.2, 0) is 19.5 Å². The molecular formula is C5H14O4V. The molecule has 0 atom stereocenters. The number of rotatable bonds is 0. The first-order valence-electron chi connectivity index (χ1n) is 2.75. The Bertz CT molecular complexity index is 92.3. The van der Waals surface area contributed by atoms with Gasteiger partial charge in [-0.2, -0.15) is 0 Å². The third-order valence-corrected chi connectivity index (χ3v) is 0.474. The first-order chi connectivity index (χ1) is 4.29. The van der Waals surface area contributed by atoms with Crippen LogP contribution in [-0.4, -0.2) is 19.8 Å². The molecule has 0 radical (unpaired) electrons. The summed E-state index contributed by atoms with van der Waals surface area (Å²) in [6.07, 6.45) is 0. The molecule has 0 aromatic heterocycles. The van der Waals surface area contributed by atoms with Gasteiger partial charge in [0.05, 0.1) is 0 Å². The number of aliphatic hydroxyl groups excluding tert-OH is 1. The molecule has 0 aliphatic carbocycles. The molecule has 0 bridgehead atoms. The summed E-state index contributed by atoms with van der Waals surface area (Å²) >= 11 is -3.44. The van der Waals surface area contributed by atoms with Crippen molar-refractivity contribution in [2.75, 3.05) is 6.61 Å². The number of hydrogen-bond donors (Lipinski definition) is 3. The Morgan fingerprint density at radius 3 is 1.40 bits per heavy atom. The molecule has 0 amide bonds. The van der Waals surface area contributed by atoms with Crippen molar-refractivity contribution in [3.8, 4) is 0 Å². The van der Waals surface area contributed by atoms with Gasteiger partial charge in [-0.25, -0.2) is 0 Å². The summed E-state index contributed by atoms with van der Waals surface area (Å²) in [5, 5.41) is 8.40. The van der Waals surface area contributed by atoms with Gasteiger partial charge in [0, 0.05) is 6.61 Å². The maximum absolute atomic E-state index is 8.78. The molecule has 4 nitrogen and oxygen atoms in total. The molecule has 0 aliphatic heterocycles. The molecule has 0 saturated heterocycles. The molecule has 10 heavy (non-hydrogen) atoms. The summed E-state index contributed by atoms with van der Waals surface area (Å²) in [5.41, 5.74) is 0.0972. The van der Waals surface area contributed by atoms with Crippen molar-refractivity contribution in [3.05, 3.63) is 0 Å². The molecule has 0 fully saturated rings. The first-order valence-corrected chi connectivity index (χ1v) is 4.57. The van der Waals surface area contributed by atoms with Crippen molar-refractivity contribution < 1.29 is 32.6 Å². The molecule has 0 spiro atoms. The Balaban J connectivity index is 0. The standard InChI is InChI=1S/C5H12O.2H2O.O.V/c1-5(2,3)4-6;;;;/h6H,4H2,1-3H3;2*1H2;;/q;;;;+2/p-2. The second-order valence-electron chi connectivity index (χ2n) is 2.97. The van der Waals surface area contributed by atoms with Crippen LogP contribution in [0.3, 0.4) is 0 Å². The van der Waals surface area contributed by atoms with Crippen molar-refractivity contribution in [3.63, 3.8) is 0 Å². The Morgan fingerprint density at radius 2 is 1.40 bits per heavy atom. The van der Waals surface area contributed by atoms with Crippen LogP contribution in [0.2, 0.25) is 0 Å². The quantitative estimate of drug-likeness (QED) is 0.492. The third-order valence-electron chi connectivity index (χ3n) is 0.474. The molecule has 5 heteroatoms. The molecule has 0 rings (SSSR count). The van der Waals surface area contributed by atoms with Gasteiger partial charge in [-0.3, -0.25) is 0 Å². The van der Waals surface area contributed by atoms with Crippen LogP contribution in [0.5, 0.6) is 0 Å². The van der Waals surface area contributed by atoms with Crippen LogP contribution >= 0.6 is 0 Å². The molecule has 0 aliphatic rings. The van der Waals surface area contributed by atoms with Crippen LogP contribution in [0.15, 0.2) is 0 Å². The molecule has 0 saturated carbocycles. The fraction of sp³-hybridized carbons (Fsp3) is 1.00. The van der Waals surface area contributed by atoms with E-state index >= 15 is 0 Å². The zero-order chi connectivity index (χ0) is 8.78. The molecular weight excluding hydrogens is 175 g/mol. The van der Waals surface area contributed by atoms with E-state index in [1.807, 2.05) is 20.8 Å². The Morgan fingerprint density at radius 1 is 1.30 bits per heavy atom. The van der Waals surface area contributed by atoms with Gasteiger partial charge in [-0.05, 0) is 5.41 Å². The van der Waals surface area contributed by atoms with Crippen LogP contribution in [0.25, 0.3) is 0 Å². The molecule has 0 aromatic carbocycles. The second kappa shape index (κ2) is 6.01. The van der Waals surface area contributed by atoms with E-state index in [0.717, 1.165) is 0 Å². The normalized spacial score (nSPS) is 9.80. The minimum atomic E-state index is -3.44. The van der Waals surface area contributed by atoms with Crippen LogP contribution in [0, 0.1) is 5.41 Å². The summed E-state index contributed by atoms with van der Waals surface area (Å²) in [4.78, 5) is 0. The third kappa shape index (κ3) is 40.9. The van der Waals surface area contributed by atoms with Gasteiger partial charge < -0.3 is 5.11 Å². The van der Waals surface area contributed by atoms with Gasteiger partial charge in [-0.1, -0.05) is 20.8 Å². The second-order valence-corrected chi connectivity index (χ2v) is 3.76. The molecule has 63 valence electrons. The van der Waals surface area contributed by atoms with Crippen LogP contribution in [0.4, 0.5) is 0 Å². The van der Waals surface area contributed by atoms with E-state index in [2.05, 4.69) is 0 Å². The summed E-state index contributed by atoms with van der Waals surface area (Å²) in [7, 11) is 0. The Labute approximate surface area is 66.0 Å². The maximum atomic E-state index is 8.78. The molecule has 3 N–H and O–H groups in total. The monoisotopic (exact) mass is 189 g/mol. The van der Waals surface area contributed by atoms with Gasteiger partial charge in [0.15, 0.2) is 0 Å². The number of aliphatic hydroxyl groups is 1. The van der Waals surface area contributed by atoms with Crippen molar-refractivity contribution in [1.29, 1.82) is 0 Å². The van der Waals surface area contributed by atoms with Crippen molar-refractivity contribution in [1.82, 2.24) is 0 Å². The van der Waals surface area contributed by atoms with E-state index in [-0.39, 0.29) is 12.0 Å².